The number of carbonyl (C=O) groups is 1. The van der Waals surface area contributed by atoms with E-state index in [-0.39, 0.29) is 5.91 Å². The summed E-state index contributed by atoms with van der Waals surface area (Å²) in [5.41, 5.74) is 1.57. The molecule has 0 radical (unpaired) electrons. The van der Waals surface area contributed by atoms with E-state index in [4.69, 9.17) is 0 Å². The Morgan fingerprint density at radius 2 is 1.60 bits per heavy atom. The van der Waals surface area contributed by atoms with Crippen molar-refractivity contribution >= 4 is 27.1 Å². The SMILES string of the molecule is O=C(c1nc2ccccc2[nH]1)N1CCN(S(=O)(=O)N2CCCC2)CC1. The van der Waals surface area contributed by atoms with Crippen LogP contribution < -0.4 is 0 Å². The summed E-state index contributed by atoms with van der Waals surface area (Å²) in [7, 11) is -3.39. The number of hydrogen-bond donors (Lipinski definition) is 1. The first-order valence-corrected chi connectivity index (χ1v) is 9.95. The van der Waals surface area contributed by atoms with Crippen LogP contribution in [0.4, 0.5) is 0 Å². The van der Waals surface area contributed by atoms with Gasteiger partial charge >= 0.3 is 0 Å². The van der Waals surface area contributed by atoms with Crippen molar-refractivity contribution < 1.29 is 13.2 Å². The number of H-pyrrole nitrogens is 1. The molecule has 0 aliphatic carbocycles. The number of nitrogens with one attached hydrogen (secondary N) is 1. The number of aromatic amines is 1. The molecule has 8 nitrogen and oxygen atoms in total. The lowest BCUT2D eigenvalue weighted by molar-refractivity contribution is 0.0684. The van der Waals surface area contributed by atoms with Crippen LogP contribution in [0.2, 0.25) is 0 Å². The van der Waals surface area contributed by atoms with Gasteiger partial charge in [0.15, 0.2) is 5.82 Å². The van der Waals surface area contributed by atoms with Crippen molar-refractivity contribution in [1.82, 2.24) is 23.5 Å². The van der Waals surface area contributed by atoms with Crippen molar-refractivity contribution in [3.8, 4) is 0 Å². The first-order valence-electron chi connectivity index (χ1n) is 8.55. The molecular weight excluding hydrogens is 342 g/mol. The minimum absolute atomic E-state index is 0.186. The third-order valence-corrected chi connectivity index (χ3v) is 6.87. The summed E-state index contributed by atoms with van der Waals surface area (Å²) in [6.45, 7) is 2.60. The summed E-state index contributed by atoms with van der Waals surface area (Å²) in [5, 5.41) is 0. The van der Waals surface area contributed by atoms with Crippen LogP contribution in [0.25, 0.3) is 11.0 Å². The lowest BCUT2D eigenvalue weighted by Gasteiger charge is -2.35. The van der Waals surface area contributed by atoms with E-state index in [1.165, 1.54) is 4.31 Å². The molecule has 2 aliphatic rings. The maximum absolute atomic E-state index is 12.6. The molecule has 0 saturated carbocycles. The van der Waals surface area contributed by atoms with E-state index in [2.05, 4.69) is 9.97 Å². The summed E-state index contributed by atoms with van der Waals surface area (Å²) in [6, 6.07) is 7.49. The molecule has 2 aliphatic heterocycles. The third kappa shape index (κ3) is 3.03. The maximum atomic E-state index is 12.6. The minimum Gasteiger partial charge on any atom is -0.334 e. The normalized spacial score (nSPS) is 20.4. The number of carbonyl (C=O) groups excluding carboxylic acids is 1. The Morgan fingerprint density at radius 1 is 0.960 bits per heavy atom. The molecular formula is C16H21N5O3S. The molecule has 0 atom stereocenters. The van der Waals surface area contributed by atoms with Crippen LogP contribution in [0.15, 0.2) is 24.3 Å². The highest BCUT2D eigenvalue weighted by Crippen LogP contribution is 2.19. The van der Waals surface area contributed by atoms with Gasteiger partial charge in [-0.2, -0.15) is 17.0 Å². The fourth-order valence-corrected chi connectivity index (χ4v) is 5.08. The molecule has 1 aromatic carbocycles. The largest absolute Gasteiger partial charge is 0.334 e. The van der Waals surface area contributed by atoms with E-state index in [1.54, 1.807) is 9.21 Å². The highest BCUT2D eigenvalue weighted by Gasteiger charge is 2.35. The van der Waals surface area contributed by atoms with Crippen molar-refractivity contribution in [2.45, 2.75) is 12.8 Å². The summed E-state index contributed by atoms with van der Waals surface area (Å²) >= 11 is 0. The van der Waals surface area contributed by atoms with Gasteiger partial charge in [-0.15, -0.1) is 0 Å². The number of amides is 1. The van der Waals surface area contributed by atoms with Gasteiger partial charge in [0.1, 0.15) is 0 Å². The Bertz CT molecular complexity index is 847. The number of hydrogen-bond acceptors (Lipinski definition) is 4. The second-order valence-corrected chi connectivity index (χ2v) is 8.34. The van der Waals surface area contributed by atoms with Gasteiger partial charge in [-0.3, -0.25) is 4.79 Å². The highest BCUT2D eigenvalue weighted by molar-refractivity contribution is 7.86. The van der Waals surface area contributed by atoms with Gasteiger partial charge in [-0.05, 0) is 25.0 Å². The molecule has 4 rings (SSSR count). The minimum atomic E-state index is -3.39. The Hall–Kier alpha value is -1.97. The molecule has 2 aromatic rings. The Morgan fingerprint density at radius 3 is 2.28 bits per heavy atom. The molecule has 2 fully saturated rings. The van der Waals surface area contributed by atoms with E-state index in [1.807, 2.05) is 24.3 Å². The number of piperazine rings is 1. The molecule has 25 heavy (non-hydrogen) atoms. The Kier molecular flexibility index (Phi) is 4.22. The van der Waals surface area contributed by atoms with E-state index >= 15 is 0 Å². The lowest BCUT2D eigenvalue weighted by Crippen LogP contribution is -2.53. The Balaban J connectivity index is 1.43. The second-order valence-electron chi connectivity index (χ2n) is 6.41. The van der Waals surface area contributed by atoms with Crippen LogP contribution >= 0.6 is 0 Å². The van der Waals surface area contributed by atoms with E-state index in [0.717, 1.165) is 23.9 Å². The standard InChI is InChI=1S/C16H21N5O3S/c22-16(15-17-13-5-1-2-6-14(13)18-15)19-9-11-21(12-10-19)25(23,24)20-7-3-4-8-20/h1-2,5-6H,3-4,7-12H2,(H,17,18). The topological polar surface area (TPSA) is 89.6 Å². The van der Waals surface area contributed by atoms with Crippen molar-refractivity contribution in [1.29, 1.82) is 0 Å². The summed E-state index contributed by atoms with van der Waals surface area (Å²) in [6.07, 6.45) is 1.84. The zero-order valence-corrected chi connectivity index (χ0v) is 14.7. The number of aromatic nitrogens is 2. The number of rotatable bonds is 3. The lowest BCUT2D eigenvalue weighted by atomic mass is 10.3. The van der Waals surface area contributed by atoms with Crippen LogP contribution in [0.5, 0.6) is 0 Å². The molecule has 1 aromatic heterocycles. The second kappa shape index (κ2) is 6.40. The zero-order chi connectivity index (χ0) is 17.4. The number of imidazole rings is 1. The first kappa shape index (κ1) is 16.5. The number of fused-ring (bicyclic) bond motifs is 1. The number of nitrogens with zero attached hydrogens (tertiary/aromatic N) is 4. The van der Waals surface area contributed by atoms with Gasteiger partial charge < -0.3 is 9.88 Å². The summed E-state index contributed by atoms with van der Waals surface area (Å²) in [4.78, 5) is 21.7. The molecule has 1 amide bonds. The fraction of sp³-hybridized carbons (Fsp3) is 0.500. The van der Waals surface area contributed by atoms with E-state index in [9.17, 15) is 13.2 Å². The van der Waals surface area contributed by atoms with E-state index < -0.39 is 10.2 Å². The smallest absolute Gasteiger partial charge is 0.289 e. The molecule has 1 N–H and O–H groups in total. The zero-order valence-electron chi connectivity index (χ0n) is 13.9. The predicted molar refractivity (Wildman–Crippen MR) is 93.3 cm³/mol. The molecule has 134 valence electrons. The predicted octanol–water partition coefficient (Wildman–Crippen LogP) is 0.661. The fourth-order valence-electron chi connectivity index (χ4n) is 3.41. The molecule has 9 heteroatoms. The molecule has 2 saturated heterocycles. The maximum Gasteiger partial charge on any atom is 0.289 e. The first-order chi connectivity index (χ1) is 12.1. The summed E-state index contributed by atoms with van der Waals surface area (Å²) in [5.74, 6) is 0.117. The van der Waals surface area contributed by atoms with Crippen LogP contribution in [-0.2, 0) is 10.2 Å². The van der Waals surface area contributed by atoms with Crippen LogP contribution in [-0.4, -0.2) is 77.1 Å². The molecule has 0 bridgehead atoms. The highest BCUT2D eigenvalue weighted by atomic mass is 32.2. The quantitative estimate of drug-likeness (QED) is 0.868. The van der Waals surface area contributed by atoms with Gasteiger partial charge in [0, 0.05) is 39.3 Å². The number of para-hydroxylation sites is 2. The van der Waals surface area contributed by atoms with Crippen molar-refractivity contribution in [2.75, 3.05) is 39.3 Å². The van der Waals surface area contributed by atoms with Crippen LogP contribution in [0, 0.1) is 0 Å². The Labute approximate surface area is 146 Å². The van der Waals surface area contributed by atoms with Gasteiger partial charge in [0.25, 0.3) is 16.1 Å². The van der Waals surface area contributed by atoms with Gasteiger partial charge in [0.05, 0.1) is 11.0 Å². The van der Waals surface area contributed by atoms with Crippen molar-refractivity contribution in [3.05, 3.63) is 30.1 Å². The van der Waals surface area contributed by atoms with Crippen molar-refractivity contribution in [3.63, 3.8) is 0 Å². The average Bonchev–Trinajstić information content (AvgIpc) is 3.31. The van der Waals surface area contributed by atoms with Crippen LogP contribution in [0.1, 0.15) is 23.5 Å². The molecule has 0 spiro atoms. The number of benzene rings is 1. The van der Waals surface area contributed by atoms with Gasteiger partial charge in [0.2, 0.25) is 0 Å². The van der Waals surface area contributed by atoms with Gasteiger partial charge in [-0.1, -0.05) is 12.1 Å². The van der Waals surface area contributed by atoms with Gasteiger partial charge in [-0.25, -0.2) is 4.98 Å². The average molecular weight is 363 g/mol. The monoisotopic (exact) mass is 363 g/mol. The third-order valence-electron chi connectivity index (χ3n) is 4.84. The van der Waals surface area contributed by atoms with Crippen LogP contribution in [0.3, 0.4) is 0 Å². The molecule has 3 heterocycles. The van der Waals surface area contributed by atoms with E-state index in [0.29, 0.717) is 45.1 Å². The summed E-state index contributed by atoms with van der Waals surface area (Å²) < 4.78 is 28.2. The molecule has 0 unspecified atom stereocenters. The van der Waals surface area contributed by atoms with Crippen molar-refractivity contribution in [2.24, 2.45) is 0 Å².